The Morgan fingerprint density at radius 1 is 1.28 bits per heavy atom. The van der Waals surface area contributed by atoms with Crippen molar-refractivity contribution in [2.45, 2.75) is 6.04 Å². The predicted molar refractivity (Wildman–Crippen MR) is 65.0 cm³/mol. The van der Waals surface area contributed by atoms with Gasteiger partial charge in [0.15, 0.2) is 0 Å². The van der Waals surface area contributed by atoms with Crippen molar-refractivity contribution in [2.24, 2.45) is 4.99 Å². The van der Waals surface area contributed by atoms with Crippen molar-refractivity contribution < 1.29 is 9.72 Å². The van der Waals surface area contributed by atoms with E-state index in [1.54, 1.807) is 24.4 Å². The molecule has 1 aliphatic heterocycles. The molecule has 0 saturated heterocycles. The van der Waals surface area contributed by atoms with Crippen LogP contribution < -0.4 is 0 Å². The van der Waals surface area contributed by atoms with Crippen molar-refractivity contribution >= 4 is 28.6 Å². The number of Topliss-reactive ketones (excluding diaryl/α,β-unsaturated/α-hetero) is 1. The highest BCUT2D eigenvalue weighted by molar-refractivity contribution is 6.17. The van der Waals surface area contributed by atoms with Crippen LogP contribution in [0.3, 0.4) is 0 Å². The Morgan fingerprint density at radius 2 is 2.11 bits per heavy atom. The van der Waals surface area contributed by atoms with Crippen molar-refractivity contribution in [1.29, 1.82) is 0 Å². The second kappa shape index (κ2) is 3.69. The standard InChI is InChI=1S/C12H7N3O3/c16-12-8-4-3-7-2-1-5-13-10(7)11(8)14-6-9(12)15(17)18/h1-6,9H. The van der Waals surface area contributed by atoms with Crippen LogP contribution in [0, 0.1) is 10.1 Å². The fourth-order valence-corrected chi connectivity index (χ4v) is 1.98. The zero-order valence-electron chi connectivity index (χ0n) is 9.11. The summed E-state index contributed by atoms with van der Waals surface area (Å²) in [5.41, 5.74) is 1.25. The first-order valence-electron chi connectivity index (χ1n) is 5.28. The van der Waals surface area contributed by atoms with Crippen LogP contribution in [0.2, 0.25) is 0 Å². The summed E-state index contributed by atoms with van der Waals surface area (Å²) in [4.78, 5) is 30.2. The van der Waals surface area contributed by atoms with Crippen LogP contribution in [0.1, 0.15) is 10.4 Å². The summed E-state index contributed by atoms with van der Waals surface area (Å²) in [6.07, 6.45) is 2.67. The normalized spacial score (nSPS) is 17.8. The van der Waals surface area contributed by atoms with Crippen LogP contribution in [0.4, 0.5) is 5.69 Å². The van der Waals surface area contributed by atoms with Crippen LogP contribution in [-0.2, 0) is 0 Å². The average Bonchev–Trinajstić information content (AvgIpc) is 2.38. The van der Waals surface area contributed by atoms with E-state index in [1.165, 1.54) is 0 Å². The Bertz CT molecular complexity index is 709. The third-order valence-electron chi connectivity index (χ3n) is 2.85. The summed E-state index contributed by atoms with van der Waals surface area (Å²) in [6, 6.07) is 5.52. The molecule has 2 heterocycles. The van der Waals surface area contributed by atoms with Gasteiger partial charge in [0.25, 0.3) is 0 Å². The molecule has 1 atom stereocenters. The van der Waals surface area contributed by atoms with E-state index in [4.69, 9.17) is 0 Å². The lowest BCUT2D eigenvalue weighted by atomic mass is 9.98. The zero-order valence-corrected chi connectivity index (χ0v) is 9.11. The van der Waals surface area contributed by atoms with Crippen LogP contribution in [0.15, 0.2) is 35.5 Å². The van der Waals surface area contributed by atoms with Crippen molar-refractivity contribution in [2.75, 3.05) is 0 Å². The topological polar surface area (TPSA) is 85.5 Å². The van der Waals surface area contributed by atoms with E-state index in [0.717, 1.165) is 11.6 Å². The molecular weight excluding hydrogens is 234 g/mol. The molecule has 0 N–H and O–H groups in total. The molecule has 0 bridgehead atoms. The molecule has 1 aromatic carbocycles. The summed E-state index contributed by atoms with van der Waals surface area (Å²) < 4.78 is 0. The highest BCUT2D eigenvalue weighted by Gasteiger charge is 2.34. The number of hydrogen-bond donors (Lipinski definition) is 0. The summed E-state index contributed by atoms with van der Waals surface area (Å²) in [5, 5.41) is 11.6. The Labute approximate surface area is 101 Å². The molecule has 6 heteroatoms. The van der Waals surface area contributed by atoms with E-state index in [9.17, 15) is 14.9 Å². The SMILES string of the molecule is O=C1c2ccc3cccnc3c2N=CC1[N+](=O)[O-]. The van der Waals surface area contributed by atoms with Crippen molar-refractivity contribution in [3.63, 3.8) is 0 Å². The van der Waals surface area contributed by atoms with E-state index in [2.05, 4.69) is 9.98 Å². The van der Waals surface area contributed by atoms with E-state index >= 15 is 0 Å². The number of rotatable bonds is 1. The van der Waals surface area contributed by atoms with Gasteiger partial charge in [-0.2, -0.15) is 0 Å². The minimum atomic E-state index is -1.39. The van der Waals surface area contributed by atoms with Gasteiger partial charge in [0.05, 0.1) is 17.3 Å². The Hall–Kier alpha value is -2.63. The number of fused-ring (bicyclic) bond motifs is 3. The number of aromatic nitrogens is 1. The largest absolute Gasteiger partial charge is 0.309 e. The Balaban J connectivity index is 2.27. The fourth-order valence-electron chi connectivity index (χ4n) is 1.98. The quantitative estimate of drug-likeness (QED) is 0.562. The predicted octanol–water partition coefficient (Wildman–Crippen LogP) is 1.78. The Morgan fingerprint density at radius 3 is 2.89 bits per heavy atom. The highest BCUT2D eigenvalue weighted by atomic mass is 16.6. The molecular formula is C12H7N3O3. The van der Waals surface area contributed by atoms with Crippen LogP contribution in [0.5, 0.6) is 0 Å². The molecule has 0 amide bonds. The van der Waals surface area contributed by atoms with E-state index in [1.807, 2.05) is 6.07 Å². The molecule has 2 aromatic rings. The van der Waals surface area contributed by atoms with Crippen LogP contribution in [0.25, 0.3) is 10.9 Å². The van der Waals surface area contributed by atoms with E-state index in [0.29, 0.717) is 11.2 Å². The minimum absolute atomic E-state index is 0.255. The second-order valence-corrected chi connectivity index (χ2v) is 3.91. The maximum absolute atomic E-state index is 11.9. The summed E-state index contributed by atoms with van der Waals surface area (Å²) in [6.45, 7) is 0. The van der Waals surface area contributed by atoms with Crippen molar-refractivity contribution in [3.8, 4) is 0 Å². The average molecular weight is 241 g/mol. The van der Waals surface area contributed by atoms with Crippen molar-refractivity contribution in [3.05, 3.63) is 46.1 Å². The molecule has 0 fully saturated rings. The lowest BCUT2D eigenvalue weighted by Crippen LogP contribution is -2.33. The molecule has 1 aromatic heterocycles. The molecule has 1 unspecified atom stereocenters. The number of nitrogens with zero attached hydrogens (tertiary/aromatic N) is 3. The molecule has 0 saturated carbocycles. The third-order valence-corrected chi connectivity index (χ3v) is 2.85. The molecule has 0 radical (unpaired) electrons. The highest BCUT2D eigenvalue weighted by Crippen LogP contribution is 2.31. The minimum Gasteiger partial charge on any atom is -0.286 e. The first kappa shape index (κ1) is 10.5. The monoisotopic (exact) mass is 241 g/mol. The molecule has 0 aliphatic carbocycles. The van der Waals surface area contributed by atoms with Gasteiger partial charge in [-0.15, -0.1) is 0 Å². The van der Waals surface area contributed by atoms with Gasteiger partial charge < -0.3 is 0 Å². The lowest BCUT2D eigenvalue weighted by molar-refractivity contribution is -0.485. The number of ketones is 1. The first-order chi connectivity index (χ1) is 8.68. The van der Waals surface area contributed by atoms with Gasteiger partial charge in [-0.1, -0.05) is 12.1 Å². The summed E-state index contributed by atoms with van der Waals surface area (Å²) >= 11 is 0. The molecule has 18 heavy (non-hydrogen) atoms. The number of pyridine rings is 1. The summed E-state index contributed by atoms with van der Waals surface area (Å²) in [5.74, 6) is -0.544. The zero-order chi connectivity index (χ0) is 12.7. The lowest BCUT2D eigenvalue weighted by Gasteiger charge is -2.13. The van der Waals surface area contributed by atoms with Gasteiger partial charge in [-0.05, 0) is 12.1 Å². The molecule has 0 spiro atoms. The van der Waals surface area contributed by atoms with Crippen LogP contribution in [-0.4, -0.2) is 27.9 Å². The number of hydrogen-bond acceptors (Lipinski definition) is 5. The second-order valence-electron chi connectivity index (χ2n) is 3.91. The van der Waals surface area contributed by atoms with Crippen LogP contribution >= 0.6 is 0 Å². The molecule has 1 aliphatic rings. The molecule has 3 rings (SSSR count). The number of benzene rings is 1. The maximum atomic E-state index is 11.9. The van der Waals surface area contributed by atoms with Gasteiger partial charge in [0, 0.05) is 16.5 Å². The van der Waals surface area contributed by atoms with E-state index in [-0.39, 0.29) is 5.56 Å². The third kappa shape index (κ3) is 1.39. The molecule has 6 nitrogen and oxygen atoms in total. The number of nitro groups is 1. The summed E-state index contributed by atoms with van der Waals surface area (Å²) in [7, 11) is 0. The maximum Gasteiger partial charge on any atom is 0.309 e. The number of carbonyl (C=O) groups is 1. The van der Waals surface area contributed by atoms with E-state index < -0.39 is 16.7 Å². The Kier molecular flexibility index (Phi) is 2.16. The smallest absolute Gasteiger partial charge is 0.286 e. The van der Waals surface area contributed by atoms with Gasteiger partial charge in [-0.25, -0.2) is 0 Å². The van der Waals surface area contributed by atoms with Gasteiger partial charge >= 0.3 is 6.04 Å². The molecule has 88 valence electrons. The number of aliphatic imine (C=N–C) groups is 1. The van der Waals surface area contributed by atoms with Gasteiger partial charge in [-0.3, -0.25) is 24.9 Å². The van der Waals surface area contributed by atoms with Crippen molar-refractivity contribution in [1.82, 2.24) is 4.98 Å². The van der Waals surface area contributed by atoms with Gasteiger partial charge in [0.2, 0.25) is 5.78 Å². The first-order valence-corrected chi connectivity index (χ1v) is 5.28. The van der Waals surface area contributed by atoms with Gasteiger partial charge in [0.1, 0.15) is 5.69 Å². The number of carbonyl (C=O) groups excluding carboxylic acids is 1. The fraction of sp³-hybridized carbons (Fsp3) is 0.0833.